The first kappa shape index (κ1) is 13.9. The van der Waals surface area contributed by atoms with E-state index in [1.165, 1.54) is 0 Å². The highest BCUT2D eigenvalue weighted by Crippen LogP contribution is 2.20. The average molecular weight is 239 g/mol. The molecule has 4 nitrogen and oxygen atoms in total. The third kappa shape index (κ3) is 4.69. The molecule has 1 saturated heterocycles. The van der Waals surface area contributed by atoms with Crippen LogP contribution in [0, 0.1) is 5.41 Å². The number of allylic oxidation sites excluding steroid dienone is 1. The van der Waals surface area contributed by atoms with Crippen LogP contribution in [0.4, 0.5) is 0 Å². The summed E-state index contributed by atoms with van der Waals surface area (Å²) in [6.07, 6.45) is 3.26. The Morgan fingerprint density at radius 2 is 1.76 bits per heavy atom. The zero-order chi connectivity index (χ0) is 13.1. The third-order valence-corrected chi connectivity index (χ3v) is 2.60. The molecule has 1 heterocycles. The second-order valence-electron chi connectivity index (χ2n) is 5.47. The molecule has 0 unspecified atom stereocenters. The lowest BCUT2D eigenvalue weighted by molar-refractivity contribution is -0.202. The van der Waals surface area contributed by atoms with Crippen molar-refractivity contribution in [1.29, 1.82) is 0 Å². The van der Waals surface area contributed by atoms with E-state index in [4.69, 9.17) is 4.84 Å². The van der Waals surface area contributed by atoms with Gasteiger partial charge >= 0.3 is 5.97 Å². The van der Waals surface area contributed by atoms with E-state index in [1.807, 2.05) is 20.8 Å². The molecule has 4 heteroatoms. The number of nitrogens with zero attached hydrogens (tertiary/aromatic N) is 1. The smallest absolute Gasteiger partial charge is 0.330 e. The van der Waals surface area contributed by atoms with Crippen molar-refractivity contribution in [1.82, 2.24) is 5.06 Å². The maximum atomic E-state index is 11.7. The first-order valence-electron chi connectivity index (χ1n) is 5.96. The molecule has 1 fully saturated rings. The standard InChI is InChI=1S/C13H21NO3/c1-10(15)9-11-5-7-14(8-6-11)17-12(16)13(2,3)4/h9H,5-8H2,1-4H3. The maximum absolute atomic E-state index is 11.7. The largest absolute Gasteiger partial charge is 0.367 e. The molecule has 0 radical (unpaired) electrons. The van der Waals surface area contributed by atoms with Crippen molar-refractivity contribution in [3.8, 4) is 0 Å². The molecule has 0 aromatic rings. The number of hydroxylamine groups is 2. The minimum atomic E-state index is -0.477. The van der Waals surface area contributed by atoms with Crippen LogP contribution in [0.15, 0.2) is 11.6 Å². The Bertz CT molecular complexity index is 329. The highest BCUT2D eigenvalue weighted by Gasteiger charge is 2.27. The predicted octanol–water partition coefficient (Wildman–Crippen LogP) is 2.10. The van der Waals surface area contributed by atoms with Gasteiger partial charge in [0, 0.05) is 13.1 Å². The summed E-state index contributed by atoms with van der Waals surface area (Å²) in [4.78, 5) is 27.9. The number of ketones is 1. The highest BCUT2D eigenvalue weighted by atomic mass is 16.7. The molecular weight excluding hydrogens is 218 g/mol. The summed E-state index contributed by atoms with van der Waals surface area (Å²) < 4.78 is 0. The SMILES string of the molecule is CC(=O)C=C1CCN(OC(=O)C(C)(C)C)CC1. The van der Waals surface area contributed by atoms with Gasteiger partial charge in [-0.15, -0.1) is 5.06 Å². The Balaban J connectivity index is 2.43. The summed E-state index contributed by atoms with van der Waals surface area (Å²) in [6.45, 7) is 8.39. The first-order chi connectivity index (χ1) is 7.79. The minimum absolute atomic E-state index is 0.0835. The van der Waals surface area contributed by atoms with E-state index in [1.54, 1.807) is 18.1 Å². The van der Waals surface area contributed by atoms with E-state index in [0.717, 1.165) is 18.4 Å². The van der Waals surface area contributed by atoms with Gasteiger partial charge in [0.1, 0.15) is 0 Å². The van der Waals surface area contributed by atoms with Crippen LogP contribution in [0.5, 0.6) is 0 Å². The summed E-state index contributed by atoms with van der Waals surface area (Å²) in [6, 6.07) is 0. The molecule has 1 rings (SSSR count). The monoisotopic (exact) mass is 239 g/mol. The van der Waals surface area contributed by atoms with Crippen LogP contribution >= 0.6 is 0 Å². The van der Waals surface area contributed by atoms with Crippen molar-refractivity contribution in [3.63, 3.8) is 0 Å². The van der Waals surface area contributed by atoms with Gasteiger partial charge in [-0.25, -0.2) is 4.79 Å². The van der Waals surface area contributed by atoms with Gasteiger partial charge in [0.25, 0.3) is 0 Å². The molecule has 1 aliphatic heterocycles. The lowest BCUT2D eigenvalue weighted by Gasteiger charge is -2.29. The fourth-order valence-corrected chi connectivity index (χ4v) is 1.55. The molecule has 0 atom stereocenters. The van der Waals surface area contributed by atoms with Gasteiger partial charge in [-0.3, -0.25) is 4.79 Å². The predicted molar refractivity (Wildman–Crippen MR) is 65.1 cm³/mol. The molecule has 0 saturated carbocycles. The number of piperidine rings is 1. The highest BCUT2D eigenvalue weighted by molar-refractivity contribution is 5.87. The van der Waals surface area contributed by atoms with Crippen LogP contribution in [0.1, 0.15) is 40.5 Å². The maximum Gasteiger partial charge on any atom is 0.330 e. The molecular formula is C13H21NO3. The molecule has 0 aromatic heterocycles. The molecule has 1 aliphatic rings. The van der Waals surface area contributed by atoms with Gasteiger partial charge in [0.05, 0.1) is 5.41 Å². The average Bonchev–Trinajstić information content (AvgIpc) is 2.18. The van der Waals surface area contributed by atoms with Crippen LogP contribution in [-0.4, -0.2) is 29.9 Å². The Labute approximate surface area is 103 Å². The molecule has 0 aromatic carbocycles. The Hall–Kier alpha value is -1.16. The summed E-state index contributed by atoms with van der Waals surface area (Å²) >= 11 is 0. The summed E-state index contributed by atoms with van der Waals surface area (Å²) in [5.74, 6) is -0.128. The lowest BCUT2D eigenvalue weighted by Crippen LogP contribution is -2.37. The second kappa shape index (κ2) is 5.45. The fraction of sp³-hybridized carbons (Fsp3) is 0.692. The number of carbonyl (C=O) groups is 2. The van der Waals surface area contributed by atoms with Gasteiger partial charge in [-0.05, 0) is 46.6 Å². The number of carbonyl (C=O) groups excluding carboxylic acids is 2. The van der Waals surface area contributed by atoms with E-state index in [0.29, 0.717) is 13.1 Å². The van der Waals surface area contributed by atoms with Crippen molar-refractivity contribution in [2.75, 3.05) is 13.1 Å². The van der Waals surface area contributed by atoms with Gasteiger partial charge in [-0.1, -0.05) is 5.57 Å². The summed E-state index contributed by atoms with van der Waals surface area (Å²) in [5, 5.41) is 1.69. The van der Waals surface area contributed by atoms with Crippen LogP contribution < -0.4 is 0 Å². The van der Waals surface area contributed by atoms with Gasteiger partial charge in [-0.2, -0.15) is 0 Å². The van der Waals surface area contributed by atoms with Crippen molar-refractivity contribution in [2.24, 2.45) is 5.41 Å². The fourth-order valence-electron chi connectivity index (χ4n) is 1.55. The Morgan fingerprint density at radius 3 is 2.18 bits per heavy atom. The topological polar surface area (TPSA) is 46.6 Å². The van der Waals surface area contributed by atoms with Crippen molar-refractivity contribution < 1.29 is 14.4 Å². The zero-order valence-electron chi connectivity index (χ0n) is 11.1. The van der Waals surface area contributed by atoms with Crippen LogP contribution in [0.2, 0.25) is 0 Å². The van der Waals surface area contributed by atoms with Crippen LogP contribution in [0.25, 0.3) is 0 Å². The quantitative estimate of drug-likeness (QED) is 0.692. The Morgan fingerprint density at radius 1 is 1.24 bits per heavy atom. The normalized spacial score (nSPS) is 17.8. The first-order valence-corrected chi connectivity index (χ1v) is 5.96. The van der Waals surface area contributed by atoms with Crippen molar-refractivity contribution >= 4 is 11.8 Å². The van der Waals surface area contributed by atoms with Crippen molar-refractivity contribution in [3.05, 3.63) is 11.6 Å². The summed E-state index contributed by atoms with van der Waals surface area (Å²) in [5.41, 5.74) is 0.663. The van der Waals surface area contributed by atoms with Gasteiger partial charge in [0.15, 0.2) is 5.78 Å². The van der Waals surface area contributed by atoms with Gasteiger partial charge < -0.3 is 4.84 Å². The minimum Gasteiger partial charge on any atom is -0.367 e. The summed E-state index contributed by atoms with van der Waals surface area (Å²) in [7, 11) is 0. The molecule has 0 N–H and O–H groups in total. The molecule has 0 bridgehead atoms. The number of hydrogen-bond acceptors (Lipinski definition) is 4. The van der Waals surface area contributed by atoms with E-state index >= 15 is 0 Å². The number of rotatable bonds is 2. The molecule has 96 valence electrons. The molecule has 0 aliphatic carbocycles. The molecule has 0 spiro atoms. The van der Waals surface area contributed by atoms with Crippen molar-refractivity contribution in [2.45, 2.75) is 40.5 Å². The van der Waals surface area contributed by atoms with E-state index in [-0.39, 0.29) is 11.8 Å². The van der Waals surface area contributed by atoms with E-state index < -0.39 is 5.41 Å². The van der Waals surface area contributed by atoms with E-state index in [9.17, 15) is 9.59 Å². The third-order valence-electron chi connectivity index (χ3n) is 2.60. The molecule has 0 amide bonds. The van der Waals surface area contributed by atoms with Crippen LogP contribution in [-0.2, 0) is 14.4 Å². The lowest BCUT2D eigenvalue weighted by atomic mass is 9.98. The number of hydrogen-bond donors (Lipinski definition) is 0. The Kier molecular flexibility index (Phi) is 4.46. The second-order valence-corrected chi connectivity index (χ2v) is 5.47. The van der Waals surface area contributed by atoms with E-state index in [2.05, 4.69) is 0 Å². The van der Waals surface area contributed by atoms with Crippen LogP contribution in [0.3, 0.4) is 0 Å². The zero-order valence-corrected chi connectivity index (χ0v) is 11.1. The molecule has 17 heavy (non-hydrogen) atoms. The van der Waals surface area contributed by atoms with Gasteiger partial charge in [0.2, 0.25) is 0 Å².